The van der Waals surface area contributed by atoms with Crippen molar-refractivity contribution < 1.29 is 9.53 Å². The number of thiazole rings is 1. The number of rotatable bonds is 4. The van der Waals surface area contributed by atoms with Gasteiger partial charge in [0.2, 0.25) is 5.91 Å². The average molecular weight is 368 g/mol. The smallest absolute Gasteiger partial charge is 0.222 e. The average Bonchev–Trinajstić information content (AvgIpc) is 3.10. The van der Waals surface area contributed by atoms with Gasteiger partial charge in [-0.3, -0.25) is 4.79 Å². The summed E-state index contributed by atoms with van der Waals surface area (Å²) in [6.45, 7) is 2.19. The van der Waals surface area contributed by atoms with Gasteiger partial charge in [-0.1, -0.05) is 12.8 Å². The summed E-state index contributed by atoms with van der Waals surface area (Å²) in [5.41, 5.74) is -0.221. The molecule has 22 heavy (non-hydrogen) atoms. The van der Waals surface area contributed by atoms with Crippen molar-refractivity contribution in [2.45, 2.75) is 43.7 Å². The second kappa shape index (κ2) is 9.03. The van der Waals surface area contributed by atoms with E-state index in [4.69, 9.17) is 4.74 Å². The molecule has 1 aromatic rings. The molecule has 2 aliphatic rings. The summed E-state index contributed by atoms with van der Waals surface area (Å²) in [6.07, 6.45) is 6.62. The third kappa shape index (κ3) is 4.55. The molecule has 2 heterocycles. The summed E-state index contributed by atoms with van der Waals surface area (Å²) < 4.78 is 5.40. The van der Waals surface area contributed by atoms with Crippen LogP contribution in [0.5, 0.6) is 0 Å². The molecule has 0 bridgehead atoms. The Balaban J connectivity index is 0.00000121. The molecule has 0 radical (unpaired) electrons. The van der Waals surface area contributed by atoms with E-state index in [0.29, 0.717) is 13.0 Å². The first-order chi connectivity index (χ1) is 9.78. The van der Waals surface area contributed by atoms with Crippen LogP contribution in [0.4, 0.5) is 0 Å². The predicted octanol–water partition coefficient (Wildman–Crippen LogP) is 2.25. The SMILES string of the molecule is Cl.Cl.O=C(CC1COCCN1)NC1(c2nccs2)CCCC1. The Labute approximate surface area is 147 Å². The Hall–Kier alpha value is -0.400. The van der Waals surface area contributed by atoms with Gasteiger partial charge in [-0.25, -0.2) is 4.98 Å². The first kappa shape index (κ1) is 19.6. The zero-order chi connectivity index (χ0) is 13.8. The van der Waals surface area contributed by atoms with Crippen molar-refractivity contribution in [1.29, 1.82) is 0 Å². The number of nitrogens with one attached hydrogen (secondary N) is 2. The van der Waals surface area contributed by atoms with Crippen LogP contribution >= 0.6 is 36.2 Å². The van der Waals surface area contributed by atoms with Gasteiger partial charge in [-0.2, -0.15) is 0 Å². The molecule has 3 rings (SSSR count). The lowest BCUT2D eigenvalue weighted by atomic mass is 9.97. The summed E-state index contributed by atoms with van der Waals surface area (Å²) >= 11 is 1.64. The monoisotopic (exact) mass is 367 g/mol. The molecule has 1 aliphatic carbocycles. The number of carbonyl (C=O) groups is 1. The molecule has 1 aromatic heterocycles. The van der Waals surface area contributed by atoms with E-state index in [1.54, 1.807) is 11.3 Å². The van der Waals surface area contributed by atoms with Crippen molar-refractivity contribution in [3.8, 4) is 0 Å². The fraction of sp³-hybridized carbons (Fsp3) is 0.714. The molecule has 0 spiro atoms. The zero-order valence-corrected chi connectivity index (χ0v) is 14.8. The standard InChI is InChI=1S/C14H21N3O2S.2ClH/c18-12(9-11-10-19-7-5-15-11)17-14(3-1-2-4-14)13-16-6-8-20-13;;/h6,8,11,15H,1-5,7,9-10H2,(H,17,18);2*1H. The Morgan fingerprint density at radius 2 is 2.23 bits per heavy atom. The molecule has 1 saturated carbocycles. The van der Waals surface area contributed by atoms with E-state index < -0.39 is 0 Å². The number of hydrogen-bond donors (Lipinski definition) is 2. The van der Waals surface area contributed by atoms with E-state index in [-0.39, 0.29) is 42.3 Å². The molecule has 1 atom stereocenters. The lowest BCUT2D eigenvalue weighted by Gasteiger charge is -2.30. The minimum Gasteiger partial charge on any atom is -0.378 e. The number of ether oxygens (including phenoxy) is 1. The van der Waals surface area contributed by atoms with Crippen LogP contribution in [-0.4, -0.2) is 36.7 Å². The molecule has 5 nitrogen and oxygen atoms in total. The number of aromatic nitrogens is 1. The Kier molecular flexibility index (Phi) is 8.07. The normalized spacial score (nSPS) is 23.2. The van der Waals surface area contributed by atoms with E-state index in [1.807, 2.05) is 11.6 Å². The summed E-state index contributed by atoms with van der Waals surface area (Å²) in [5.74, 6) is 0.102. The molecule has 1 saturated heterocycles. The van der Waals surface area contributed by atoms with Crippen LogP contribution < -0.4 is 10.6 Å². The number of carbonyl (C=O) groups excluding carboxylic acids is 1. The number of morpholine rings is 1. The van der Waals surface area contributed by atoms with Crippen LogP contribution in [0.3, 0.4) is 0 Å². The minimum absolute atomic E-state index is 0. The molecule has 2 fully saturated rings. The third-order valence-electron chi connectivity index (χ3n) is 4.11. The Morgan fingerprint density at radius 3 is 2.82 bits per heavy atom. The second-order valence-electron chi connectivity index (χ2n) is 5.60. The van der Waals surface area contributed by atoms with Gasteiger partial charge in [-0.15, -0.1) is 36.2 Å². The van der Waals surface area contributed by atoms with Crippen molar-refractivity contribution in [2.75, 3.05) is 19.8 Å². The van der Waals surface area contributed by atoms with Gasteiger partial charge in [-0.05, 0) is 12.8 Å². The van der Waals surface area contributed by atoms with Gasteiger partial charge in [0, 0.05) is 30.6 Å². The maximum atomic E-state index is 12.3. The van der Waals surface area contributed by atoms with Crippen molar-refractivity contribution in [1.82, 2.24) is 15.6 Å². The lowest BCUT2D eigenvalue weighted by Crippen LogP contribution is -2.48. The maximum absolute atomic E-state index is 12.3. The van der Waals surface area contributed by atoms with E-state index in [0.717, 1.165) is 43.8 Å². The van der Waals surface area contributed by atoms with Gasteiger partial charge < -0.3 is 15.4 Å². The molecule has 1 amide bonds. The van der Waals surface area contributed by atoms with Gasteiger partial charge in [0.1, 0.15) is 5.01 Å². The van der Waals surface area contributed by atoms with Crippen LogP contribution in [-0.2, 0) is 15.1 Å². The molecule has 126 valence electrons. The van der Waals surface area contributed by atoms with Crippen LogP contribution in [0.1, 0.15) is 37.1 Å². The van der Waals surface area contributed by atoms with Crippen LogP contribution in [0.2, 0.25) is 0 Å². The molecule has 1 unspecified atom stereocenters. The zero-order valence-electron chi connectivity index (χ0n) is 12.4. The number of hydrogen-bond acceptors (Lipinski definition) is 5. The van der Waals surface area contributed by atoms with Gasteiger partial charge in [0.25, 0.3) is 0 Å². The number of amides is 1. The van der Waals surface area contributed by atoms with E-state index in [9.17, 15) is 4.79 Å². The van der Waals surface area contributed by atoms with Crippen LogP contribution in [0.15, 0.2) is 11.6 Å². The first-order valence-corrected chi connectivity index (χ1v) is 8.19. The van der Waals surface area contributed by atoms with Crippen molar-refractivity contribution in [3.63, 3.8) is 0 Å². The molecule has 1 aliphatic heterocycles. The van der Waals surface area contributed by atoms with E-state index in [2.05, 4.69) is 15.6 Å². The lowest BCUT2D eigenvalue weighted by molar-refractivity contribution is -0.124. The highest BCUT2D eigenvalue weighted by atomic mass is 35.5. The summed E-state index contributed by atoms with van der Waals surface area (Å²) in [5, 5.41) is 9.62. The fourth-order valence-electron chi connectivity index (χ4n) is 3.12. The highest BCUT2D eigenvalue weighted by Crippen LogP contribution is 2.39. The summed E-state index contributed by atoms with van der Waals surface area (Å²) in [6, 6.07) is 0.137. The van der Waals surface area contributed by atoms with Gasteiger partial charge >= 0.3 is 0 Å². The van der Waals surface area contributed by atoms with Crippen molar-refractivity contribution in [3.05, 3.63) is 16.6 Å². The van der Waals surface area contributed by atoms with Crippen LogP contribution in [0, 0.1) is 0 Å². The second-order valence-corrected chi connectivity index (χ2v) is 6.50. The third-order valence-corrected chi connectivity index (χ3v) is 5.08. The van der Waals surface area contributed by atoms with Crippen LogP contribution in [0.25, 0.3) is 0 Å². The number of halogens is 2. The topological polar surface area (TPSA) is 63.2 Å². The highest BCUT2D eigenvalue weighted by Gasteiger charge is 2.39. The van der Waals surface area contributed by atoms with Gasteiger partial charge in [0.05, 0.1) is 18.8 Å². The van der Waals surface area contributed by atoms with Crippen molar-refractivity contribution in [2.24, 2.45) is 0 Å². The first-order valence-electron chi connectivity index (χ1n) is 7.31. The fourth-order valence-corrected chi connectivity index (χ4v) is 3.98. The van der Waals surface area contributed by atoms with Gasteiger partial charge in [0.15, 0.2) is 0 Å². The summed E-state index contributed by atoms with van der Waals surface area (Å²) in [4.78, 5) is 16.8. The molecule has 8 heteroatoms. The molecular weight excluding hydrogens is 345 g/mol. The largest absolute Gasteiger partial charge is 0.378 e. The Morgan fingerprint density at radius 1 is 1.45 bits per heavy atom. The van der Waals surface area contributed by atoms with Crippen molar-refractivity contribution >= 4 is 42.1 Å². The van der Waals surface area contributed by atoms with E-state index >= 15 is 0 Å². The molecule has 2 N–H and O–H groups in total. The summed E-state index contributed by atoms with van der Waals surface area (Å²) in [7, 11) is 0. The molecule has 0 aromatic carbocycles. The van der Waals surface area contributed by atoms with E-state index in [1.165, 1.54) is 0 Å². The highest BCUT2D eigenvalue weighted by molar-refractivity contribution is 7.09. The quantitative estimate of drug-likeness (QED) is 0.856. The molecular formula is C14H23Cl2N3O2S. The predicted molar refractivity (Wildman–Crippen MR) is 92.1 cm³/mol. The Bertz CT molecular complexity index is 447. The maximum Gasteiger partial charge on any atom is 0.222 e. The number of nitrogens with zero attached hydrogens (tertiary/aromatic N) is 1. The minimum atomic E-state index is -0.221.